The summed E-state index contributed by atoms with van der Waals surface area (Å²) in [6.07, 6.45) is 4.45. The number of likely N-dealkylation sites (N-methyl/N-ethyl adjacent to an activating group) is 1. The van der Waals surface area contributed by atoms with E-state index < -0.39 is 6.04 Å². The van der Waals surface area contributed by atoms with Gasteiger partial charge in [-0.1, -0.05) is 30.3 Å². The lowest BCUT2D eigenvalue weighted by Crippen LogP contribution is -2.52. The third kappa shape index (κ3) is 4.30. The molecule has 34 heavy (non-hydrogen) atoms. The van der Waals surface area contributed by atoms with Gasteiger partial charge in [-0.25, -0.2) is 14.6 Å². The van der Waals surface area contributed by atoms with Crippen LogP contribution < -0.4 is 11.0 Å². The molecule has 9 nitrogen and oxygen atoms in total. The van der Waals surface area contributed by atoms with E-state index in [0.29, 0.717) is 44.5 Å². The van der Waals surface area contributed by atoms with Crippen LogP contribution in [0.2, 0.25) is 0 Å². The summed E-state index contributed by atoms with van der Waals surface area (Å²) in [6.45, 7) is 1.70. The first-order valence-corrected chi connectivity index (χ1v) is 11.9. The van der Waals surface area contributed by atoms with Crippen molar-refractivity contribution in [1.82, 2.24) is 29.7 Å². The van der Waals surface area contributed by atoms with Crippen LogP contribution in [0, 0.1) is 0 Å². The highest BCUT2D eigenvalue weighted by Crippen LogP contribution is 2.27. The van der Waals surface area contributed by atoms with Gasteiger partial charge in [0, 0.05) is 44.8 Å². The lowest BCUT2D eigenvalue weighted by molar-refractivity contribution is -0.131. The van der Waals surface area contributed by atoms with E-state index in [-0.39, 0.29) is 29.6 Å². The first-order chi connectivity index (χ1) is 16.5. The predicted octanol–water partition coefficient (Wildman–Crippen LogP) is 2.48. The quantitative estimate of drug-likeness (QED) is 0.624. The van der Waals surface area contributed by atoms with E-state index in [1.54, 1.807) is 20.6 Å². The summed E-state index contributed by atoms with van der Waals surface area (Å²) in [5, 5.41) is 2.98. The number of aromatic nitrogens is 3. The van der Waals surface area contributed by atoms with Crippen molar-refractivity contribution < 1.29 is 9.59 Å². The largest absolute Gasteiger partial charge is 0.343 e. The number of urea groups is 1. The molecule has 2 aliphatic rings. The summed E-state index contributed by atoms with van der Waals surface area (Å²) in [6, 6.07) is 13.2. The van der Waals surface area contributed by atoms with Crippen molar-refractivity contribution in [2.75, 3.05) is 26.7 Å². The summed E-state index contributed by atoms with van der Waals surface area (Å²) in [5.74, 6) is 0.219. The maximum Gasteiger partial charge on any atom is 0.327 e. The average Bonchev–Trinajstić information content (AvgIpc) is 3.13. The number of rotatable bonds is 3. The molecule has 0 saturated carbocycles. The minimum absolute atomic E-state index is 0.00627. The van der Waals surface area contributed by atoms with Crippen molar-refractivity contribution in [2.45, 2.75) is 43.7 Å². The molecule has 0 radical (unpaired) electrons. The third-order valence-corrected chi connectivity index (χ3v) is 7.15. The third-order valence-electron chi connectivity index (χ3n) is 7.15. The van der Waals surface area contributed by atoms with Gasteiger partial charge >= 0.3 is 11.7 Å². The van der Waals surface area contributed by atoms with Crippen LogP contribution >= 0.6 is 0 Å². The normalized spacial score (nSPS) is 22.1. The van der Waals surface area contributed by atoms with E-state index in [1.165, 1.54) is 5.56 Å². The average molecular weight is 463 g/mol. The second kappa shape index (κ2) is 9.32. The molecule has 3 aromatic rings. The van der Waals surface area contributed by atoms with Crippen LogP contribution in [0.4, 0.5) is 4.79 Å². The number of fused-ring (bicyclic) bond motifs is 1. The van der Waals surface area contributed by atoms with Gasteiger partial charge in [-0.15, -0.1) is 0 Å². The van der Waals surface area contributed by atoms with Gasteiger partial charge in [-0.2, -0.15) is 0 Å². The first-order valence-electron chi connectivity index (χ1n) is 11.9. The number of likely N-dealkylation sites (tertiary alicyclic amines) is 2. The van der Waals surface area contributed by atoms with E-state index in [1.807, 2.05) is 37.4 Å². The zero-order valence-corrected chi connectivity index (χ0v) is 19.3. The SMILES string of the molecule is CN1CC(c2ccccc2)CCC(NC(=O)N2CCC(n3c(=O)[nH]c4ncccc43)CC2)C1=O. The smallest absolute Gasteiger partial charge is 0.327 e. The number of nitrogens with zero attached hydrogens (tertiary/aromatic N) is 4. The molecule has 2 aromatic heterocycles. The molecule has 1 aromatic carbocycles. The zero-order chi connectivity index (χ0) is 23.7. The van der Waals surface area contributed by atoms with Gasteiger partial charge in [-0.3, -0.25) is 14.3 Å². The van der Waals surface area contributed by atoms with Gasteiger partial charge in [0.1, 0.15) is 6.04 Å². The number of imidazole rings is 1. The number of hydrogen-bond donors (Lipinski definition) is 2. The number of pyridine rings is 1. The van der Waals surface area contributed by atoms with Crippen LogP contribution in [0.25, 0.3) is 11.2 Å². The van der Waals surface area contributed by atoms with Gasteiger partial charge in [-0.05, 0) is 43.4 Å². The molecule has 2 atom stereocenters. The number of benzene rings is 1. The van der Waals surface area contributed by atoms with Crippen LogP contribution in [0.3, 0.4) is 0 Å². The Kier molecular flexibility index (Phi) is 6.08. The fourth-order valence-corrected chi connectivity index (χ4v) is 5.29. The molecule has 0 spiro atoms. The molecular formula is C25H30N6O3. The Balaban J connectivity index is 1.21. The molecule has 2 saturated heterocycles. The number of amides is 3. The Morgan fingerprint density at radius 3 is 2.56 bits per heavy atom. The van der Waals surface area contributed by atoms with Crippen LogP contribution in [0.15, 0.2) is 53.5 Å². The van der Waals surface area contributed by atoms with E-state index in [4.69, 9.17) is 0 Å². The van der Waals surface area contributed by atoms with Crippen molar-refractivity contribution in [1.29, 1.82) is 0 Å². The van der Waals surface area contributed by atoms with Crippen molar-refractivity contribution in [3.8, 4) is 0 Å². The lowest BCUT2D eigenvalue weighted by atomic mass is 9.94. The Hall–Kier alpha value is -3.62. The summed E-state index contributed by atoms with van der Waals surface area (Å²) in [4.78, 5) is 49.0. The van der Waals surface area contributed by atoms with Crippen LogP contribution in [0.5, 0.6) is 0 Å². The molecule has 178 valence electrons. The number of piperidine rings is 1. The minimum atomic E-state index is -0.522. The molecular weight excluding hydrogens is 432 g/mol. The second-order valence-electron chi connectivity index (χ2n) is 9.30. The Morgan fingerprint density at radius 2 is 1.79 bits per heavy atom. The van der Waals surface area contributed by atoms with Crippen molar-refractivity contribution in [3.05, 3.63) is 64.7 Å². The molecule has 4 heterocycles. The van der Waals surface area contributed by atoms with Gasteiger partial charge in [0.15, 0.2) is 5.65 Å². The fourth-order valence-electron chi connectivity index (χ4n) is 5.29. The van der Waals surface area contributed by atoms with E-state index in [0.717, 1.165) is 11.9 Å². The Labute approximate surface area is 197 Å². The summed E-state index contributed by atoms with van der Waals surface area (Å²) >= 11 is 0. The Bertz CT molecular complexity index is 1230. The molecule has 9 heteroatoms. The molecule has 2 aliphatic heterocycles. The van der Waals surface area contributed by atoms with Crippen LogP contribution in [0.1, 0.15) is 43.2 Å². The number of H-pyrrole nitrogens is 1. The molecule has 2 N–H and O–H groups in total. The highest BCUT2D eigenvalue weighted by molar-refractivity contribution is 5.87. The van der Waals surface area contributed by atoms with E-state index in [2.05, 4.69) is 27.4 Å². The van der Waals surface area contributed by atoms with Gasteiger partial charge in [0.2, 0.25) is 5.91 Å². The van der Waals surface area contributed by atoms with Gasteiger partial charge in [0.25, 0.3) is 0 Å². The standard InChI is InChI=1S/C25H30N6O3/c1-29-16-18(17-6-3-2-4-7-17)9-10-20(23(29)32)27-24(33)30-14-11-19(12-15-30)31-21-8-5-13-26-22(21)28-25(31)34/h2-8,13,18-20H,9-12,14-16H2,1H3,(H,27,33)(H,26,28,34). The summed E-state index contributed by atoms with van der Waals surface area (Å²) in [7, 11) is 1.81. The highest BCUT2D eigenvalue weighted by Gasteiger charge is 2.33. The molecule has 5 rings (SSSR count). The van der Waals surface area contributed by atoms with Crippen molar-refractivity contribution in [2.24, 2.45) is 0 Å². The Morgan fingerprint density at radius 1 is 1.03 bits per heavy atom. The molecule has 2 unspecified atom stereocenters. The molecule has 2 fully saturated rings. The number of carbonyl (C=O) groups is 2. The van der Waals surface area contributed by atoms with Crippen molar-refractivity contribution >= 4 is 23.1 Å². The lowest BCUT2D eigenvalue weighted by Gasteiger charge is -2.33. The summed E-state index contributed by atoms with van der Waals surface area (Å²) < 4.78 is 1.76. The number of nitrogens with one attached hydrogen (secondary N) is 2. The van der Waals surface area contributed by atoms with Gasteiger partial charge in [0.05, 0.1) is 5.52 Å². The number of carbonyl (C=O) groups excluding carboxylic acids is 2. The van der Waals surface area contributed by atoms with Gasteiger partial charge < -0.3 is 15.1 Å². The highest BCUT2D eigenvalue weighted by atomic mass is 16.2. The first kappa shape index (κ1) is 22.2. The second-order valence-corrected chi connectivity index (χ2v) is 9.30. The van der Waals surface area contributed by atoms with E-state index in [9.17, 15) is 14.4 Å². The monoisotopic (exact) mass is 462 g/mol. The number of hydrogen-bond acceptors (Lipinski definition) is 4. The van der Waals surface area contributed by atoms with E-state index >= 15 is 0 Å². The fraction of sp³-hybridized carbons (Fsp3) is 0.440. The maximum absolute atomic E-state index is 13.0. The molecule has 3 amide bonds. The topological polar surface area (TPSA) is 103 Å². The predicted molar refractivity (Wildman–Crippen MR) is 129 cm³/mol. The van der Waals surface area contributed by atoms with Crippen LogP contribution in [-0.2, 0) is 4.79 Å². The zero-order valence-electron chi connectivity index (χ0n) is 19.3. The molecule has 0 aliphatic carbocycles. The number of aromatic amines is 1. The minimum Gasteiger partial charge on any atom is -0.343 e. The maximum atomic E-state index is 13.0. The molecule has 0 bridgehead atoms. The van der Waals surface area contributed by atoms with Crippen LogP contribution in [-0.4, -0.2) is 69.0 Å². The van der Waals surface area contributed by atoms with Crippen molar-refractivity contribution in [3.63, 3.8) is 0 Å². The summed E-state index contributed by atoms with van der Waals surface area (Å²) in [5.41, 5.74) is 2.42.